The lowest BCUT2D eigenvalue weighted by Gasteiger charge is -2.04. The summed E-state index contributed by atoms with van der Waals surface area (Å²) in [6.45, 7) is 2.06. The molecule has 0 radical (unpaired) electrons. The molecule has 0 aliphatic carbocycles. The van der Waals surface area contributed by atoms with Crippen LogP contribution in [0.5, 0.6) is 0 Å². The molecular weight excluding hydrogens is 262 g/mol. The van der Waals surface area contributed by atoms with Crippen LogP contribution in [0.25, 0.3) is 10.9 Å². The maximum Gasteiger partial charge on any atom is 0.340 e. The van der Waals surface area contributed by atoms with Gasteiger partial charge >= 0.3 is 5.97 Å². The van der Waals surface area contributed by atoms with Crippen LogP contribution in [0.4, 0.5) is 0 Å². The number of aromatic nitrogens is 1. The zero-order valence-electron chi connectivity index (χ0n) is 11.0. The van der Waals surface area contributed by atoms with E-state index < -0.39 is 0 Å². The fraction of sp³-hybridized carbons (Fsp3) is 0.357. The maximum atomic E-state index is 12.1. The van der Waals surface area contributed by atoms with Crippen molar-refractivity contribution < 1.29 is 14.6 Å². The Kier molecular flexibility index (Phi) is 4.17. The number of esters is 1. The summed E-state index contributed by atoms with van der Waals surface area (Å²) in [4.78, 5) is 12.1. The van der Waals surface area contributed by atoms with Gasteiger partial charge in [-0.15, -0.1) is 0 Å². The number of carbonyl (C=O) groups is 1. The second kappa shape index (κ2) is 5.67. The number of fused-ring (bicyclic) bond motifs is 1. The first kappa shape index (κ1) is 14.0. The minimum atomic E-state index is -0.341. The predicted molar refractivity (Wildman–Crippen MR) is 77.5 cm³/mol. The lowest BCUT2D eigenvalue weighted by Crippen LogP contribution is -2.07. The zero-order chi connectivity index (χ0) is 14.0. The fourth-order valence-corrected chi connectivity index (χ4v) is 2.63. The number of thiol groups is 1. The number of carbonyl (C=O) groups excluding carboxylic acids is 1. The van der Waals surface area contributed by atoms with E-state index in [-0.39, 0.29) is 12.6 Å². The van der Waals surface area contributed by atoms with Gasteiger partial charge < -0.3 is 14.4 Å². The molecule has 0 saturated heterocycles. The normalized spacial score (nSPS) is 10.9. The van der Waals surface area contributed by atoms with Crippen LogP contribution < -0.4 is 0 Å². The summed E-state index contributed by atoms with van der Waals surface area (Å²) < 4.78 is 7.06. The van der Waals surface area contributed by atoms with Crippen molar-refractivity contribution in [1.82, 2.24) is 4.57 Å². The average molecular weight is 279 g/mol. The van der Waals surface area contributed by atoms with E-state index in [4.69, 9.17) is 4.74 Å². The summed E-state index contributed by atoms with van der Waals surface area (Å²) >= 11 is 4.29. The summed E-state index contributed by atoms with van der Waals surface area (Å²) in [5.74, 6) is 0.112. The standard InChI is InChI=1S/C14H17NO3S/c1-3-18-14(17)13-10-6-9(7-16)4-5-11(10)15(2)12(13)8-19/h4-6,16,19H,3,7-8H2,1-2H3. The van der Waals surface area contributed by atoms with Gasteiger partial charge in [0.25, 0.3) is 0 Å². The van der Waals surface area contributed by atoms with Crippen LogP contribution in [-0.2, 0) is 24.1 Å². The highest BCUT2D eigenvalue weighted by atomic mass is 32.1. The molecular formula is C14H17NO3S. The SMILES string of the molecule is CCOC(=O)c1c(CS)n(C)c2ccc(CO)cc12. The zero-order valence-corrected chi connectivity index (χ0v) is 11.9. The van der Waals surface area contributed by atoms with E-state index in [1.807, 2.05) is 29.8 Å². The molecule has 1 heterocycles. The highest BCUT2D eigenvalue weighted by molar-refractivity contribution is 7.79. The number of ether oxygens (including phenoxy) is 1. The molecule has 2 aromatic rings. The largest absolute Gasteiger partial charge is 0.462 e. The summed E-state index contributed by atoms with van der Waals surface area (Å²) in [5, 5.41) is 10.0. The molecule has 0 bridgehead atoms. The molecule has 0 aliphatic heterocycles. The molecule has 1 aromatic heterocycles. The average Bonchev–Trinajstić information content (AvgIpc) is 2.71. The molecule has 0 unspecified atom stereocenters. The summed E-state index contributed by atoms with van der Waals surface area (Å²) in [6.07, 6.45) is 0. The van der Waals surface area contributed by atoms with Gasteiger partial charge in [0.1, 0.15) is 0 Å². The Labute approximate surface area is 117 Å². The van der Waals surface area contributed by atoms with Crippen molar-refractivity contribution in [3.8, 4) is 0 Å². The lowest BCUT2D eigenvalue weighted by molar-refractivity contribution is 0.0527. The highest BCUT2D eigenvalue weighted by Gasteiger charge is 2.21. The molecule has 0 saturated carbocycles. The van der Waals surface area contributed by atoms with Crippen LogP contribution in [-0.4, -0.2) is 22.2 Å². The number of benzene rings is 1. The van der Waals surface area contributed by atoms with Gasteiger partial charge in [-0.05, 0) is 24.6 Å². The third-order valence-corrected chi connectivity index (χ3v) is 3.50. The first-order chi connectivity index (χ1) is 9.13. The molecule has 0 atom stereocenters. The van der Waals surface area contributed by atoms with Gasteiger partial charge in [-0.3, -0.25) is 0 Å². The molecule has 0 fully saturated rings. The van der Waals surface area contributed by atoms with Crippen LogP contribution in [0.2, 0.25) is 0 Å². The maximum absolute atomic E-state index is 12.1. The van der Waals surface area contributed by atoms with Gasteiger partial charge in [0, 0.05) is 29.4 Å². The van der Waals surface area contributed by atoms with E-state index in [2.05, 4.69) is 12.6 Å². The van der Waals surface area contributed by atoms with E-state index in [1.165, 1.54) is 0 Å². The first-order valence-electron chi connectivity index (χ1n) is 6.13. The van der Waals surface area contributed by atoms with Gasteiger partial charge in [-0.1, -0.05) is 6.07 Å². The first-order valence-corrected chi connectivity index (χ1v) is 6.76. The van der Waals surface area contributed by atoms with Crippen molar-refractivity contribution in [1.29, 1.82) is 0 Å². The Balaban J connectivity index is 2.73. The predicted octanol–water partition coefficient (Wildman–Crippen LogP) is 2.28. The van der Waals surface area contributed by atoms with Gasteiger partial charge in [0.15, 0.2) is 0 Å². The quantitative estimate of drug-likeness (QED) is 0.667. The molecule has 0 spiro atoms. The molecule has 0 amide bonds. The molecule has 1 aromatic carbocycles. The van der Waals surface area contributed by atoms with Gasteiger partial charge in [0.2, 0.25) is 0 Å². The van der Waals surface area contributed by atoms with Crippen molar-refractivity contribution in [2.45, 2.75) is 19.3 Å². The second-order valence-electron chi connectivity index (χ2n) is 4.27. The Morgan fingerprint density at radius 3 is 2.79 bits per heavy atom. The lowest BCUT2D eigenvalue weighted by atomic mass is 10.1. The van der Waals surface area contributed by atoms with Gasteiger partial charge in [-0.2, -0.15) is 12.6 Å². The number of aryl methyl sites for hydroxylation is 1. The minimum absolute atomic E-state index is 0.0523. The number of nitrogens with zero attached hydrogens (tertiary/aromatic N) is 1. The van der Waals surface area contributed by atoms with Crippen LogP contribution >= 0.6 is 12.6 Å². The number of hydrogen-bond donors (Lipinski definition) is 2. The molecule has 0 aliphatic rings. The molecule has 2 rings (SSSR count). The monoisotopic (exact) mass is 279 g/mol. The van der Waals surface area contributed by atoms with Crippen molar-refractivity contribution in [3.05, 3.63) is 35.0 Å². The van der Waals surface area contributed by atoms with E-state index >= 15 is 0 Å². The fourth-order valence-electron chi connectivity index (χ4n) is 2.26. The number of aliphatic hydroxyl groups excluding tert-OH is 1. The van der Waals surface area contributed by atoms with Crippen LogP contribution in [0.1, 0.15) is 28.5 Å². The smallest absolute Gasteiger partial charge is 0.340 e. The molecule has 19 heavy (non-hydrogen) atoms. The Morgan fingerprint density at radius 1 is 1.47 bits per heavy atom. The highest BCUT2D eigenvalue weighted by Crippen LogP contribution is 2.28. The van der Waals surface area contributed by atoms with Crippen LogP contribution in [0.3, 0.4) is 0 Å². The van der Waals surface area contributed by atoms with E-state index in [1.54, 1.807) is 6.92 Å². The van der Waals surface area contributed by atoms with Gasteiger partial charge in [0.05, 0.1) is 18.8 Å². The van der Waals surface area contributed by atoms with Crippen molar-refractivity contribution in [2.75, 3.05) is 6.61 Å². The second-order valence-corrected chi connectivity index (χ2v) is 4.59. The van der Waals surface area contributed by atoms with Crippen molar-refractivity contribution in [2.24, 2.45) is 7.05 Å². The van der Waals surface area contributed by atoms with Crippen molar-refractivity contribution >= 4 is 29.5 Å². The number of aliphatic hydroxyl groups is 1. The molecule has 4 nitrogen and oxygen atoms in total. The van der Waals surface area contributed by atoms with Crippen LogP contribution in [0, 0.1) is 0 Å². The third-order valence-electron chi connectivity index (χ3n) is 3.20. The van der Waals surface area contributed by atoms with Crippen molar-refractivity contribution in [3.63, 3.8) is 0 Å². The summed E-state index contributed by atoms with van der Waals surface area (Å²) in [5.41, 5.74) is 3.08. The Bertz CT molecular complexity index is 619. The molecule has 102 valence electrons. The topological polar surface area (TPSA) is 51.5 Å². The van der Waals surface area contributed by atoms with E-state index in [0.717, 1.165) is 22.2 Å². The number of rotatable bonds is 4. The molecule has 1 N–H and O–H groups in total. The Hall–Kier alpha value is -1.46. The minimum Gasteiger partial charge on any atom is -0.462 e. The molecule has 5 heteroatoms. The third kappa shape index (κ3) is 2.35. The van der Waals surface area contributed by atoms with E-state index in [9.17, 15) is 9.90 Å². The van der Waals surface area contributed by atoms with Gasteiger partial charge in [-0.25, -0.2) is 4.79 Å². The van der Waals surface area contributed by atoms with E-state index in [0.29, 0.717) is 17.9 Å². The number of hydrogen-bond acceptors (Lipinski definition) is 4. The summed E-state index contributed by atoms with van der Waals surface area (Å²) in [6, 6.07) is 5.57. The van der Waals surface area contributed by atoms with Crippen LogP contribution in [0.15, 0.2) is 18.2 Å². The Morgan fingerprint density at radius 2 is 2.21 bits per heavy atom. The summed E-state index contributed by atoms with van der Waals surface area (Å²) in [7, 11) is 1.90.